The molecule has 0 spiro atoms. The van der Waals surface area contributed by atoms with Crippen LogP contribution in [0.3, 0.4) is 0 Å². The molecule has 2 N–H and O–H groups in total. The van der Waals surface area contributed by atoms with Gasteiger partial charge >= 0.3 is 0 Å². The van der Waals surface area contributed by atoms with Crippen molar-refractivity contribution < 1.29 is 0 Å². The number of nitrogens with two attached hydrogens (primary N) is 1. The number of hydrogen-bond acceptors (Lipinski definition) is 3. The summed E-state index contributed by atoms with van der Waals surface area (Å²) in [5.41, 5.74) is 8.76. The van der Waals surface area contributed by atoms with Crippen LogP contribution in [0.2, 0.25) is 0 Å². The molecule has 94 valence electrons. The molecule has 0 bridgehead atoms. The first-order chi connectivity index (χ1) is 8.74. The maximum Gasteiger partial charge on any atom is 0.0501 e. The number of rotatable bonds is 5. The third-order valence-electron chi connectivity index (χ3n) is 2.89. The van der Waals surface area contributed by atoms with Crippen molar-refractivity contribution in [2.45, 2.75) is 13.0 Å². The van der Waals surface area contributed by atoms with Crippen LogP contribution in [0, 0.1) is 0 Å². The lowest BCUT2D eigenvalue weighted by atomic mass is 10.2. The molecule has 18 heavy (non-hydrogen) atoms. The molecule has 0 aliphatic heterocycles. The molecule has 0 saturated carbocycles. The van der Waals surface area contributed by atoms with Crippen LogP contribution in [0.5, 0.6) is 0 Å². The van der Waals surface area contributed by atoms with E-state index in [4.69, 9.17) is 5.73 Å². The fourth-order valence-corrected chi connectivity index (χ4v) is 1.86. The molecule has 0 atom stereocenters. The number of nitrogen functional groups attached to an aromatic ring is 1. The lowest BCUT2D eigenvalue weighted by molar-refractivity contribution is 0.330. The van der Waals surface area contributed by atoms with Crippen molar-refractivity contribution in [2.75, 3.05) is 19.3 Å². The lowest BCUT2D eigenvalue weighted by Gasteiger charge is -2.16. The van der Waals surface area contributed by atoms with Gasteiger partial charge in [0, 0.05) is 25.2 Å². The molecule has 0 fully saturated rings. The molecule has 0 unspecified atom stereocenters. The van der Waals surface area contributed by atoms with E-state index < -0.39 is 0 Å². The highest BCUT2D eigenvalue weighted by molar-refractivity contribution is 5.34. The van der Waals surface area contributed by atoms with Crippen molar-refractivity contribution in [3.63, 3.8) is 0 Å². The van der Waals surface area contributed by atoms with Gasteiger partial charge in [-0.2, -0.15) is 0 Å². The van der Waals surface area contributed by atoms with Gasteiger partial charge in [-0.25, -0.2) is 0 Å². The third-order valence-corrected chi connectivity index (χ3v) is 2.89. The van der Waals surface area contributed by atoms with Gasteiger partial charge in [-0.05, 0) is 24.7 Å². The monoisotopic (exact) mass is 241 g/mol. The van der Waals surface area contributed by atoms with Gasteiger partial charge in [0.1, 0.15) is 0 Å². The zero-order valence-corrected chi connectivity index (χ0v) is 10.7. The summed E-state index contributed by atoms with van der Waals surface area (Å²) in [4.78, 5) is 6.60. The first-order valence-corrected chi connectivity index (χ1v) is 6.17. The Morgan fingerprint density at radius 3 is 2.56 bits per heavy atom. The second kappa shape index (κ2) is 6.17. The minimum atomic E-state index is 0.719. The van der Waals surface area contributed by atoms with Crippen LogP contribution in [0.4, 0.5) is 5.69 Å². The highest BCUT2D eigenvalue weighted by atomic mass is 15.1. The largest absolute Gasteiger partial charge is 0.397 e. The number of anilines is 1. The van der Waals surface area contributed by atoms with Crippen molar-refractivity contribution in [3.8, 4) is 0 Å². The highest BCUT2D eigenvalue weighted by Gasteiger charge is 2.01. The number of benzene rings is 1. The Hall–Kier alpha value is -1.87. The lowest BCUT2D eigenvalue weighted by Crippen LogP contribution is -2.21. The molecular formula is C15H19N3. The number of hydrogen-bond donors (Lipinski definition) is 1. The topological polar surface area (TPSA) is 42.1 Å². The normalized spacial score (nSPS) is 10.8. The van der Waals surface area contributed by atoms with Crippen LogP contribution in [0.1, 0.15) is 11.3 Å². The SMILES string of the molecule is CN(CCc1ccc(N)cn1)Cc1ccccc1. The Balaban J connectivity index is 1.81. The summed E-state index contributed by atoms with van der Waals surface area (Å²) < 4.78 is 0. The van der Waals surface area contributed by atoms with E-state index in [9.17, 15) is 0 Å². The zero-order chi connectivity index (χ0) is 12.8. The van der Waals surface area contributed by atoms with Gasteiger partial charge in [0.15, 0.2) is 0 Å². The summed E-state index contributed by atoms with van der Waals surface area (Å²) in [5, 5.41) is 0. The fourth-order valence-electron chi connectivity index (χ4n) is 1.86. The van der Waals surface area contributed by atoms with Gasteiger partial charge in [0.05, 0.1) is 11.9 Å². The van der Waals surface area contributed by atoms with Gasteiger partial charge in [-0.1, -0.05) is 30.3 Å². The average molecular weight is 241 g/mol. The van der Waals surface area contributed by atoms with E-state index >= 15 is 0 Å². The van der Waals surface area contributed by atoms with Crippen molar-refractivity contribution >= 4 is 5.69 Å². The first-order valence-electron chi connectivity index (χ1n) is 6.17. The van der Waals surface area contributed by atoms with E-state index in [0.29, 0.717) is 0 Å². The minimum absolute atomic E-state index is 0.719. The van der Waals surface area contributed by atoms with Crippen LogP contribution < -0.4 is 5.73 Å². The molecule has 2 rings (SSSR count). The molecule has 2 aromatic rings. The third kappa shape index (κ3) is 3.86. The Morgan fingerprint density at radius 1 is 1.11 bits per heavy atom. The van der Waals surface area contributed by atoms with Crippen molar-refractivity contribution in [2.24, 2.45) is 0 Å². The van der Waals surface area contributed by atoms with Crippen LogP contribution in [0.15, 0.2) is 48.7 Å². The number of nitrogens with zero attached hydrogens (tertiary/aromatic N) is 2. The summed E-state index contributed by atoms with van der Waals surface area (Å²) in [7, 11) is 2.13. The molecule has 3 nitrogen and oxygen atoms in total. The van der Waals surface area contributed by atoms with Crippen LogP contribution in [0.25, 0.3) is 0 Å². The van der Waals surface area contributed by atoms with E-state index in [2.05, 4.69) is 41.2 Å². The Bertz CT molecular complexity index is 465. The zero-order valence-electron chi connectivity index (χ0n) is 10.7. The van der Waals surface area contributed by atoms with Crippen LogP contribution >= 0.6 is 0 Å². The van der Waals surface area contributed by atoms with Gasteiger partial charge in [0.25, 0.3) is 0 Å². The molecule has 0 aliphatic carbocycles. The first kappa shape index (κ1) is 12.6. The molecule has 1 aromatic heterocycles. The predicted molar refractivity (Wildman–Crippen MR) is 75.1 cm³/mol. The predicted octanol–water partition coefficient (Wildman–Crippen LogP) is 2.34. The number of likely N-dealkylation sites (N-methyl/N-ethyl adjacent to an activating group) is 1. The summed E-state index contributed by atoms with van der Waals surface area (Å²) >= 11 is 0. The summed E-state index contributed by atoms with van der Waals surface area (Å²) in [6, 6.07) is 14.4. The fraction of sp³-hybridized carbons (Fsp3) is 0.267. The Kier molecular flexibility index (Phi) is 4.31. The van der Waals surface area contributed by atoms with Gasteiger partial charge in [-0.15, -0.1) is 0 Å². The molecule has 1 heterocycles. The maximum absolute atomic E-state index is 5.61. The molecule has 0 amide bonds. The molecule has 0 radical (unpaired) electrons. The van der Waals surface area contributed by atoms with E-state index in [1.807, 2.05) is 18.2 Å². The second-order valence-electron chi connectivity index (χ2n) is 4.56. The van der Waals surface area contributed by atoms with E-state index in [0.717, 1.165) is 30.9 Å². The quantitative estimate of drug-likeness (QED) is 0.873. The molecule has 1 aromatic carbocycles. The van der Waals surface area contributed by atoms with Crippen molar-refractivity contribution in [1.82, 2.24) is 9.88 Å². The van der Waals surface area contributed by atoms with Crippen molar-refractivity contribution in [3.05, 3.63) is 59.9 Å². The molecular weight excluding hydrogens is 222 g/mol. The van der Waals surface area contributed by atoms with Crippen molar-refractivity contribution in [1.29, 1.82) is 0 Å². The standard InChI is InChI=1S/C15H19N3/c1-18(12-13-5-3-2-4-6-13)10-9-15-8-7-14(16)11-17-15/h2-8,11H,9-10,12,16H2,1H3. The Morgan fingerprint density at radius 2 is 1.89 bits per heavy atom. The van der Waals surface area contributed by atoms with Gasteiger partial charge < -0.3 is 10.6 Å². The Labute approximate surface area is 108 Å². The highest BCUT2D eigenvalue weighted by Crippen LogP contribution is 2.05. The molecule has 0 aliphatic rings. The maximum atomic E-state index is 5.61. The average Bonchev–Trinajstić information content (AvgIpc) is 2.39. The van der Waals surface area contributed by atoms with E-state index in [1.165, 1.54) is 5.56 Å². The summed E-state index contributed by atoms with van der Waals surface area (Å²) in [5.74, 6) is 0. The summed E-state index contributed by atoms with van der Waals surface area (Å²) in [6.07, 6.45) is 2.66. The van der Waals surface area contributed by atoms with Crippen LogP contribution in [-0.2, 0) is 13.0 Å². The minimum Gasteiger partial charge on any atom is -0.397 e. The smallest absolute Gasteiger partial charge is 0.0501 e. The van der Waals surface area contributed by atoms with Gasteiger partial charge in [-0.3, -0.25) is 4.98 Å². The molecule has 3 heteroatoms. The second-order valence-corrected chi connectivity index (χ2v) is 4.56. The van der Waals surface area contributed by atoms with Gasteiger partial charge in [0.2, 0.25) is 0 Å². The van der Waals surface area contributed by atoms with E-state index in [1.54, 1.807) is 6.20 Å². The molecule has 0 saturated heterocycles. The summed E-state index contributed by atoms with van der Waals surface area (Å²) in [6.45, 7) is 1.96. The number of aromatic nitrogens is 1. The van der Waals surface area contributed by atoms with Crippen LogP contribution in [-0.4, -0.2) is 23.5 Å². The van der Waals surface area contributed by atoms with E-state index in [-0.39, 0.29) is 0 Å². The number of pyridine rings is 1.